The van der Waals surface area contributed by atoms with Gasteiger partial charge in [-0.15, -0.1) is 0 Å². The van der Waals surface area contributed by atoms with Crippen LogP contribution < -0.4 is 0 Å². The average Bonchev–Trinajstić information content (AvgIpc) is 2.08. The lowest BCUT2D eigenvalue weighted by atomic mass is 10.2. The first-order chi connectivity index (χ1) is 5.83. The van der Waals surface area contributed by atoms with Gasteiger partial charge in [-0.1, -0.05) is 46.0 Å². The highest BCUT2D eigenvalue weighted by molar-refractivity contribution is 4.35. The van der Waals surface area contributed by atoms with Crippen LogP contribution >= 0.6 is 0 Å². The molecule has 0 aliphatic heterocycles. The quantitative estimate of drug-likeness (QED) is 0.553. The number of rotatable bonds is 6. The van der Waals surface area contributed by atoms with Gasteiger partial charge in [0.15, 0.2) is 0 Å². The predicted octanol–water partition coefficient (Wildman–Crippen LogP) is 4.02. The summed E-state index contributed by atoms with van der Waals surface area (Å²) in [6.07, 6.45) is 7.01. The van der Waals surface area contributed by atoms with E-state index in [0.29, 0.717) is 0 Å². The second-order valence-corrected chi connectivity index (χ2v) is 2.84. The van der Waals surface area contributed by atoms with Gasteiger partial charge >= 0.3 is 0 Å². The highest BCUT2D eigenvalue weighted by Gasteiger charge is 1.80. The monoisotopic (exact) mass is 174 g/mol. The second-order valence-electron chi connectivity index (χ2n) is 2.84. The van der Waals surface area contributed by atoms with Crippen LogP contribution in [0.1, 0.15) is 59.8 Å². The molecule has 0 unspecified atom stereocenters. The fourth-order valence-electron chi connectivity index (χ4n) is 0.881. The molecule has 0 N–H and O–H groups in total. The van der Waals surface area contributed by atoms with Crippen LogP contribution in [0.25, 0.3) is 0 Å². The Morgan fingerprint density at radius 3 is 1.25 bits per heavy atom. The van der Waals surface area contributed by atoms with Crippen LogP contribution in [-0.2, 0) is 4.74 Å². The first-order valence-electron chi connectivity index (χ1n) is 5.41. The van der Waals surface area contributed by atoms with E-state index in [2.05, 4.69) is 13.8 Å². The molecule has 0 amide bonds. The fourth-order valence-corrected chi connectivity index (χ4v) is 0.881. The Morgan fingerprint density at radius 2 is 1.08 bits per heavy atom. The Hall–Kier alpha value is -0.0400. The van der Waals surface area contributed by atoms with Crippen molar-refractivity contribution in [2.75, 3.05) is 13.2 Å². The van der Waals surface area contributed by atoms with Crippen molar-refractivity contribution in [3.63, 3.8) is 0 Å². The Balaban J connectivity index is 0. The molecule has 0 aromatic rings. The highest BCUT2D eigenvalue weighted by atomic mass is 16.5. The van der Waals surface area contributed by atoms with Gasteiger partial charge in [-0.3, -0.25) is 0 Å². The molecule has 0 saturated heterocycles. The van der Waals surface area contributed by atoms with Gasteiger partial charge in [-0.2, -0.15) is 0 Å². The van der Waals surface area contributed by atoms with Crippen molar-refractivity contribution in [1.29, 1.82) is 0 Å². The molecule has 0 saturated carbocycles. The zero-order valence-corrected chi connectivity index (χ0v) is 9.36. The third-order valence-corrected chi connectivity index (χ3v) is 1.62. The Morgan fingerprint density at radius 1 is 0.667 bits per heavy atom. The fraction of sp³-hybridized carbons (Fsp3) is 1.00. The van der Waals surface area contributed by atoms with Crippen LogP contribution in [0.5, 0.6) is 0 Å². The first-order valence-corrected chi connectivity index (χ1v) is 5.41. The zero-order chi connectivity index (χ0) is 9.66. The Bertz CT molecular complexity index is 47.0. The molecule has 0 bridgehead atoms. The van der Waals surface area contributed by atoms with Crippen LogP contribution in [0.3, 0.4) is 0 Å². The van der Waals surface area contributed by atoms with E-state index >= 15 is 0 Å². The van der Waals surface area contributed by atoms with Crippen molar-refractivity contribution in [3.8, 4) is 0 Å². The number of hydrogen-bond acceptors (Lipinski definition) is 1. The summed E-state index contributed by atoms with van der Waals surface area (Å²) in [5.74, 6) is 0. The molecule has 0 heterocycles. The molecule has 0 spiro atoms. The maximum Gasteiger partial charge on any atom is 0.0437 e. The van der Waals surface area contributed by atoms with Gasteiger partial charge in [0.2, 0.25) is 0 Å². The van der Waals surface area contributed by atoms with E-state index in [1.807, 2.05) is 13.8 Å². The van der Waals surface area contributed by atoms with Crippen LogP contribution in [0.4, 0.5) is 0 Å². The predicted molar refractivity (Wildman–Crippen MR) is 56.6 cm³/mol. The van der Waals surface area contributed by atoms with Gasteiger partial charge in [0.25, 0.3) is 0 Å². The maximum atomic E-state index is 4.83. The maximum absolute atomic E-state index is 4.83. The standard InChI is InChI=1S/C7H16.C4H10O/c1-3-5-7-6-4-2;1-3-5-4-2/h3-7H2,1-2H3;3-4H2,1-2H3. The summed E-state index contributed by atoms with van der Waals surface area (Å²) in [6.45, 7) is 10.2. The van der Waals surface area contributed by atoms with Crippen LogP contribution in [-0.4, -0.2) is 13.2 Å². The number of hydrogen-bond donors (Lipinski definition) is 0. The van der Waals surface area contributed by atoms with Crippen molar-refractivity contribution in [1.82, 2.24) is 0 Å². The number of ether oxygens (including phenoxy) is 1. The summed E-state index contributed by atoms with van der Waals surface area (Å²) in [5, 5.41) is 0. The summed E-state index contributed by atoms with van der Waals surface area (Å²) in [6, 6.07) is 0. The van der Waals surface area contributed by atoms with Crippen LogP contribution in [0.15, 0.2) is 0 Å². The van der Waals surface area contributed by atoms with Crippen molar-refractivity contribution < 1.29 is 4.74 Å². The normalized spacial score (nSPS) is 9.00. The molecule has 0 atom stereocenters. The molecule has 12 heavy (non-hydrogen) atoms. The van der Waals surface area contributed by atoms with Crippen molar-refractivity contribution in [2.45, 2.75) is 59.8 Å². The van der Waals surface area contributed by atoms with Gasteiger partial charge in [-0.05, 0) is 13.8 Å². The van der Waals surface area contributed by atoms with E-state index in [0.717, 1.165) is 13.2 Å². The third kappa shape index (κ3) is 22.5. The molecule has 0 aromatic carbocycles. The minimum Gasteiger partial charge on any atom is -0.382 e. The van der Waals surface area contributed by atoms with Gasteiger partial charge < -0.3 is 4.74 Å². The molecular weight excluding hydrogens is 148 g/mol. The lowest BCUT2D eigenvalue weighted by molar-refractivity contribution is 0.162. The second kappa shape index (κ2) is 17.2. The van der Waals surface area contributed by atoms with Crippen LogP contribution in [0.2, 0.25) is 0 Å². The summed E-state index contributed by atoms with van der Waals surface area (Å²) in [4.78, 5) is 0. The summed E-state index contributed by atoms with van der Waals surface area (Å²) < 4.78 is 4.83. The average molecular weight is 174 g/mol. The van der Waals surface area contributed by atoms with Gasteiger partial charge in [0.1, 0.15) is 0 Å². The topological polar surface area (TPSA) is 9.23 Å². The molecule has 0 aliphatic rings. The molecule has 0 rings (SSSR count). The minimum absolute atomic E-state index is 0.844. The molecule has 0 fully saturated rings. The summed E-state index contributed by atoms with van der Waals surface area (Å²) >= 11 is 0. The van der Waals surface area contributed by atoms with Gasteiger partial charge in [0.05, 0.1) is 0 Å². The van der Waals surface area contributed by atoms with E-state index in [1.54, 1.807) is 0 Å². The lowest BCUT2D eigenvalue weighted by Crippen LogP contribution is -1.84. The van der Waals surface area contributed by atoms with E-state index in [9.17, 15) is 0 Å². The Kier molecular flexibility index (Phi) is 20.7. The van der Waals surface area contributed by atoms with E-state index in [-0.39, 0.29) is 0 Å². The van der Waals surface area contributed by atoms with Crippen molar-refractivity contribution in [3.05, 3.63) is 0 Å². The molecule has 0 aromatic heterocycles. The van der Waals surface area contributed by atoms with E-state index in [1.165, 1.54) is 32.1 Å². The Labute approximate surface area is 78.5 Å². The SMILES string of the molecule is CCCCCCC.CCOCC. The number of unbranched alkanes of at least 4 members (excludes halogenated alkanes) is 4. The van der Waals surface area contributed by atoms with Gasteiger partial charge in [-0.25, -0.2) is 0 Å². The molecule has 0 radical (unpaired) electrons. The highest BCUT2D eigenvalue weighted by Crippen LogP contribution is 2.00. The van der Waals surface area contributed by atoms with Crippen molar-refractivity contribution >= 4 is 0 Å². The van der Waals surface area contributed by atoms with Crippen molar-refractivity contribution in [2.24, 2.45) is 0 Å². The minimum atomic E-state index is 0.844. The first kappa shape index (κ1) is 14.5. The smallest absolute Gasteiger partial charge is 0.0437 e. The molecule has 1 nitrogen and oxygen atoms in total. The van der Waals surface area contributed by atoms with Gasteiger partial charge in [0, 0.05) is 13.2 Å². The van der Waals surface area contributed by atoms with E-state index in [4.69, 9.17) is 4.74 Å². The third-order valence-electron chi connectivity index (χ3n) is 1.62. The lowest BCUT2D eigenvalue weighted by Gasteiger charge is -1.90. The summed E-state index contributed by atoms with van der Waals surface area (Å²) in [7, 11) is 0. The summed E-state index contributed by atoms with van der Waals surface area (Å²) in [5.41, 5.74) is 0. The molecule has 0 aliphatic carbocycles. The zero-order valence-electron chi connectivity index (χ0n) is 9.36. The molecule has 76 valence electrons. The van der Waals surface area contributed by atoms with E-state index < -0.39 is 0 Å². The largest absolute Gasteiger partial charge is 0.382 e. The molecule has 1 heteroatoms. The molecular formula is C11H26O. The van der Waals surface area contributed by atoms with Crippen LogP contribution in [0, 0.1) is 0 Å².